The van der Waals surface area contributed by atoms with Crippen molar-refractivity contribution >= 4 is 10.0 Å². The SMILES string of the molecule is N#Cc1cccc(S(=O)(=O)NCc2ccco2)c1. The van der Waals surface area contributed by atoms with Crippen molar-refractivity contribution in [3.63, 3.8) is 0 Å². The number of rotatable bonds is 4. The molecule has 0 saturated heterocycles. The molecule has 0 aliphatic heterocycles. The van der Waals surface area contributed by atoms with Crippen molar-refractivity contribution < 1.29 is 12.8 Å². The van der Waals surface area contributed by atoms with Gasteiger partial charge >= 0.3 is 0 Å². The lowest BCUT2D eigenvalue weighted by Crippen LogP contribution is -2.23. The molecular formula is C12H10N2O3S. The van der Waals surface area contributed by atoms with E-state index in [1.54, 1.807) is 18.2 Å². The second kappa shape index (κ2) is 5.04. The Labute approximate surface area is 105 Å². The number of nitrogens with zero attached hydrogens (tertiary/aromatic N) is 1. The third kappa shape index (κ3) is 2.77. The molecule has 0 aliphatic carbocycles. The summed E-state index contributed by atoms with van der Waals surface area (Å²) in [5, 5.41) is 8.73. The Morgan fingerprint density at radius 3 is 2.78 bits per heavy atom. The molecule has 1 aromatic carbocycles. The fourth-order valence-electron chi connectivity index (χ4n) is 1.40. The summed E-state index contributed by atoms with van der Waals surface area (Å²) in [4.78, 5) is 0.0631. The normalized spacial score (nSPS) is 11.1. The van der Waals surface area contributed by atoms with Gasteiger partial charge in [-0.1, -0.05) is 6.07 Å². The van der Waals surface area contributed by atoms with Crippen molar-refractivity contribution in [2.24, 2.45) is 0 Å². The number of nitriles is 1. The highest BCUT2D eigenvalue weighted by atomic mass is 32.2. The molecule has 0 atom stereocenters. The van der Waals surface area contributed by atoms with Gasteiger partial charge in [0.25, 0.3) is 0 Å². The van der Waals surface area contributed by atoms with Crippen LogP contribution in [0.2, 0.25) is 0 Å². The van der Waals surface area contributed by atoms with Gasteiger partial charge in [0.1, 0.15) is 5.76 Å². The van der Waals surface area contributed by atoms with Crippen LogP contribution in [0, 0.1) is 11.3 Å². The average molecular weight is 262 g/mol. The fourth-order valence-corrected chi connectivity index (χ4v) is 2.43. The Morgan fingerprint density at radius 1 is 1.28 bits per heavy atom. The number of nitrogens with one attached hydrogen (secondary N) is 1. The van der Waals surface area contributed by atoms with E-state index in [1.165, 1.54) is 24.5 Å². The molecule has 1 N–H and O–H groups in total. The minimum absolute atomic E-state index is 0.0631. The van der Waals surface area contributed by atoms with Crippen molar-refractivity contribution in [2.75, 3.05) is 0 Å². The highest BCUT2D eigenvalue weighted by Crippen LogP contribution is 2.11. The van der Waals surface area contributed by atoms with E-state index in [9.17, 15) is 8.42 Å². The zero-order valence-electron chi connectivity index (χ0n) is 9.33. The van der Waals surface area contributed by atoms with E-state index >= 15 is 0 Å². The molecule has 0 radical (unpaired) electrons. The van der Waals surface area contributed by atoms with E-state index in [4.69, 9.17) is 9.68 Å². The van der Waals surface area contributed by atoms with Crippen LogP contribution in [0.15, 0.2) is 52.0 Å². The van der Waals surface area contributed by atoms with Gasteiger partial charge in [0, 0.05) is 0 Å². The summed E-state index contributed by atoms with van der Waals surface area (Å²) in [6.07, 6.45) is 1.47. The summed E-state index contributed by atoms with van der Waals surface area (Å²) in [5.74, 6) is 0.523. The van der Waals surface area contributed by atoms with Crippen LogP contribution in [0.3, 0.4) is 0 Å². The van der Waals surface area contributed by atoms with Gasteiger partial charge in [-0.15, -0.1) is 0 Å². The Morgan fingerprint density at radius 2 is 2.11 bits per heavy atom. The van der Waals surface area contributed by atoms with E-state index in [1.807, 2.05) is 6.07 Å². The summed E-state index contributed by atoms with van der Waals surface area (Å²) < 4.78 is 31.3. The molecular weight excluding hydrogens is 252 g/mol. The molecule has 2 aromatic rings. The van der Waals surface area contributed by atoms with E-state index in [2.05, 4.69) is 4.72 Å². The van der Waals surface area contributed by atoms with Crippen LogP contribution >= 0.6 is 0 Å². The lowest BCUT2D eigenvalue weighted by atomic mass is 10.2. The summed E-state index contributed by atoms with van der Waals surface area (Å²) in [7, 11) is -3.63. The Hall–Kier alpha value is -2.10. The summed E-state index contributed by atoms with van der Waals surface area (Å²) in [5.41, 5.74) is 0.302. The summed E-state index contributed by atoms with van der Waals surface area (Å²) in [6.45, 7) is 0.0755. The largest absolute Gasteiger partial charge is 0.468 e. The highest BCUT2D eigenvalue weighted by Gasteiger charge is 2.14. The Balaban J connectivity index is 2.18. The van der Waals surface area contributed by atoms with Crippen molar-refractivity contribution in [2.45, 2.75) is 11.4 Å². The molecule has 1 heterocycles. The van der Waals surface area contributed by atoms with Crippen LogP contribution in [0.4, 0.5) is 0 Å². The van der Waals surface area contributed by atoms with Gasteiger partial charge in [0.2, 0.25) is 10.0 Å². The third-order valence-electron chi connectivity index (χ3n) is 2.29. The molecule has 18 heavy (non-hydrogen) atoms. The number of hydrogen-bond donors (Lipinski definition) is 1. The molecule has 0 saturated carbocycles. The van der Waals surface area contributed by atoms with Gasteiger partial charge in [-0.3, -0.25) is 0 Å². The van der Waals surface area contributed by atoms with Crippen LogP contribution in [0.5, 0.6) is 0 Å². The molecule has 5 nitrogen and oxygen atoms in total. The fraction of sp³-hybridized carbons (Fsp3) is 0.0833. The number of furan rings is 1. The minimum Gasteiger partial charge on any atom is -0.468 e. The van der Waals surface area contributed by atoms with E-state index in [0.29, 0.717) is 11.3 Å². The van der Waals surface area contributed by atoms with Crippen LogP contribution < -0.4 is 4.72 Å². The molecule has 0 aliphatic rings. The van der Waals surface area contributed by atoms with Crippen LogP contribution in [-0.2, 0) is 16.6 Å². The standard InChI is InChI=1S/C12H10N2O3S/c13-8-10-3-1-5-12(7-10)18(15,16)14-9-11-4-2-6-17-11/h1-7,14H,9H2. The predicted molar refractivity (Wildman–Crippen MR) is 63.9 cm³/mol. The second-order valence-electron chi connectivity index (χ2n) is 3.54. The maximum atomic E-state index is 11.9. The monoisotopic (exact) mass is 262 g/mol. The molecule has 0 amide bonds. The molecule has 0 fully saturated rings. The van der Waals surface area contributed by atoms with E-state index in [0.717, 1.165) is 0 Å². The highest BCUT2D eigenvalue weighted by molar-refractivity contribution is 7.89. The number of sulfonamides is 1. The minimum atomic E-state index is -3.63. The van der Waals surface area contributed by atoms with Crippen molar-refractivity contribution in [1.29, 1.82) is 5.26 Å². The lowest BCUT2D eigenvalue weighted by molar-refractivity contribution is 0.498. The van der Waals surface area contributed by atoms with Gasteiger partial charge in [0.15, 0.2) is 0 Å². The van der Waals surface area contributed by atoms with Gasteiger partial charge in [-0.2, -0.15) is 5.26 Å². The summed E-state index contributed by atoms with van der Waals surface area (Å²) in [6, 6.07) is 11.1. The maximum absolute atomic E-state index is 11.9. The van der Waals surface area contributed by atoms with Crippen LogP contribution in [-0.4, -0.2) is 8.42 Å². The van der Waals surface area contributed by atoms with Crippen LogP contribution in [0.1, 0.15) is 11.3 Å². The molecule has 0 unspecified atom stereocenters. The Kier molecular flexibility index (Phi) is 3.46. The quantitative estimate of drug-likeness (QED) is 0.907. The van der Waals surface area contributed by atoms with E-state index < -0.39 is 10.0 Å². The Bertz CT molecular complexity index is 670. The topological polar surface area (TPSA) is 83.1 Å². The molecule has 6 heteroatoms. The van der Waals surface area contributed by atoms with Crippen molar-refractivity contribution in [3.8, 4) is 6.07 Å². The second-order valence-corrected chi connectivity index (χ2v) is 5.31. The van der Waals surface area contributed by atoms with Crippen LogP contribution in [0.25, 0.3) is 0 Å². The first kappa shape index (κ1) is 12.4. The maximum Gasteiger partial charge on any atom is 0.241 e. The van der Waals surface area contributed by atoms with Crippen molar-refractivity contribution in [1.82, 2.24) is 4.72 Å². The van der Waals surface area contributed by atoms with E-state index in [-0.39, 0.29) is 11.4 Å². The number of hydrogen-bond acceptors (Lipinski definition) is 4. The molecule has 92 valence electrons. The lowest BCUT2D eigenvalue weighted by Gasteiger charge is -2.05. The van der Waals surface area contributed by atoms with Gasteiger partial charge in [-0.05, 0) is 30.3 Å². The predicted octanol–water partition coefficient (Wildman–Crippen LogP) is 1.63. The first-order valence-corrected chi connectivity index (χ1v) is 6.62. The third-order valence-corrected chi connectivity index (χ3v) is 3.69. The van der Waals surface area contributed by atoms with Crippen molar-refractivity contribution in [3.05, 3.63) is 54.0 Å². The molecule has 1 aromatic heterocycles. The first-order chi connectivity index (χ1) is 8.62. The average Bonchev–Trinajstić information content (AvgIpc) is 2.90. The van der Waals surface area contributed by atoms with Gasteiger partial charge in [0.05, 0.1) is 29.3 Å². The van der Waals surface area contributed by atoms with Gasteiger partial charge < -0.3 is 4.42 Å². The molecule has 2 rings (SSSR count). The summed E-state index contributed by atoms with van der Waals surface area (Å²) >= 11 is 0. The smallest absolute Gasteiger partial charge is 0.241 e. The van der Waals surface area contributed by atoms with Gasteiger partial charge in [-0.25, -0.2) is 13.1 Å². The number of benzene rings is 1. The zero-order valence-corrected chi connectivity index (χ0v) is 10.1. The first-order valence-electron chi connectivity index (χ1n) is 5.14. The zero-order chi connectivity index (χ0) is 13.0. The molecule has 0 spiro atoms. The molecule has 0 bridgehead atoms.